The van der Waals surface area contributed by atoms with Crippen molar-refractivity contribution in [1.82, 2.24) is 20.1 Å². The number of nitrogens with zero attached hydrogens (tertiary/aromatic N) is 3. The van der Waals surface area contributed by atoms with E-state index in [-0.39, 0.29) is 29.0 Å². The molecular formula is C23H24ClN5O4S. The van der Waals surface area contributed by atoms with Crippen molar-refractivity contribution in [2.24, 2.45) is 13.0 Å². The van der Waals surface area contributed by atoms with E-state index in [4.69, 9.17) is 16.7 Å². The number of hydrogen-bond donors (Lipinski definition) is 3. The predicted octanol–water partition coefficient (Wildman–Crippen LogP) is 4.02. The molecule has 0 aliphatic carbocycles. The van der Waals surface area contributed by atoms with Gasteiger partial charge in [-0.05, 0) is 54.4 Å². The lowest BCUT2D eigenvalue weighted by Gasteiger charge is -2.21. The van der Waals surface area contributed by atoms with Crippen LogP contribution in [0.1, 0.15) is 46.4 Å². The third kappa shape index (κ3) is 6.36. The fourth-order valence-corrected chi connectivity index (χ4v) is 3.95. The predicted molar refractivity (Wildman–Crippen MR) is 130 cm³/mol. The van der Waals surface area contributed by atoms with Gasteiger partial charge in [0.15, 0.2) is 11.0 Å². The van der Waals surface area contributed by atoms with Crippen molar-refractivity contribution in [3.8, 4) is 0 Å². The Kier molecular flexibility index (Phi) is 8.30. The first-order valence-corrected chi connectivity index (χ1v) is 11.7. The minimum Gasteiger partial charge on any atom is -0.478 e. The number of anilines is 1. The fourth-order valence-electron chi connectivity index (χ4n) is 3.10. The molecule has 2 amide bonds. The van der Waals surface area contributed by atoms with Crippen molar-refractivity contribution in [3.05, 3.63) is 70.5 Å². The third-order valence-corrected chi connectivity index (χ3v) is 6.23. The van der Waals surface area contributed by atoms with Gasteiger partial charge in [0, 0.05) is 23.3 Å². The van der Waals surface area contributed by atoms with Crippen molar-refractivity contribution < 1.29 is 19.5 Å². The van der Waals surface area contributed by atoms with Gasteiger partial charge in [-0.25, -0.2) is 4.79 Å². The summed E-state index contributed by atoms with van der Waals surface area (Å²) in [4.78, 5) is 36.0. The van der Waals surface area contributed by atoms with E-state index in [1.54, 1.807) is 35.9 Å². The van der Waals surface area contributed by atoms with E-state index in [0.717, 1.165) is 0 Å². The topological polar surface area (TPSA) is 126 Å². The van der Waals surface area contributed by atoms with E-state index in [1.165, 1.54) is 36.0 Å². The minimum absolute atomic E-state index is 0.0362. The van der Waals surface area contributed by atoms with Gasteiger partial charge < -0.3 is 20.3 Å². The van der Waals surface area contributed by atoms with Gasteiger partial charge in [0.1, 0.15) is 0 Å². The molecule has 0 spiro atoms. The Hall–Kier alpha value is -3.37. The molecule has 0 saturated heterocycles. The number of carboxylic acid groups (broad SMARTS) is 1. The summed E-state index contributed by atoms with van der Waals surface area (Å²) in [6.45, 7) is 3.94. The van der Waals surface area contributed by atoms with Crippen LogP contribution in [0, 0.1) is 5.92 Å². The highest BCUT2D eigenvalue weighted by molar-refractivity contribution is 7.99. The summed E-state index contributed by atoms with van der Waals surface area (Å²) in [6, 6.07) is 12.1. The van der Waals surface area contributed by atoms with Gasteiger partial charge in [0.2, 0.25) is 5.91 Å². The number of nitrogens with one attached hydrogen (secondary N) is 2. The Morgan fingerprint density at radius 3 is 2.24 bits per heavy atom. The summed E-state index contributed by atoms with van der Waals surface area (Å²) in [6.07, 6.45) is 0. The monoisotopic (exact) mass is 501 g/mol. The zero-order chi connectivity index (χ0) is 24.8. The molecule has 0 aliphatic rings. The molecule has 3 N–H and O–H groups in total. The van der Waals surface area contributed by atoms with Crippen molar-refractivity contribution in [2.75, 3.05) is 11.1 Å². The summed E-state index contributed by atoms with van der Waals surface area (Å²) in [5.41, 5.74) is 1.13. The van der Waals surface area contributed by atoms with E-state index in [9.17, 15) is 14.4 Å². The van der Waals surface area contributed by atoms with Crippen LogP contribution in [0.15, 0.2) is 53.7 Å². The molecule has 34 heavy (non-hydrogen) atoms. The molecule has 0 unspecified atom stereocenters. The molecule has 1 aromatic heterocycles. The lowest BCUT2D eigenvalue weighted by Crippen LogP contribution is -2.33. The Labute approximate surface area is 205 Å². The summed E-state index contributed by atoms with van der Waals surface area (Å²) >= 11 is 7.11. The van der Waals surface area contributed by atoms with Gasteiger partial charge in [0.05, 0.1) is 17.4 Å². The SMILES string of the molecule is CC(C)[C@H](NC(=O)c1ccc(Cl)cc1)c1nnc(SCC(=O)Nc2ccc(C(=O)O)cc2)n1C. The molecule has 0 radical (unpaired) electrons. The van der Waals surface area contributed by atoms with Gasteiger partial charge in [-0.3, -0.25) is 9.59 Å². The number of carbonyl (C=O) groups is 3. The number of carboxylic acids is 1. The zero-order valence-electron chi connectivity index (χ0n) is 18.8. The lowest BCUT2D eigenvalue weighted by molar-refractivity contribution is -0.113. The van der Waals surface area contributed by atoms with Crippen molar-refractivity contribution >= 4 is 46.8 Å². The van der Waals surface area contributed by atoms with Crippen LogP contribution in [0.2, 0.25) is 5.02 Å². The number of carbonyl (C=O) groups excluding carboxylic acids is 2. The van der Waals surface area contributed by atoms with Gasteiger partial charge in [-0.15, -0.1) is 10.2 Å². The number of rotatable bonds is 9. The maximum Gasteiger partial charge on any atom is 0.335 e. The molecule has 0 aliphatic heterocycles. The number of hydrogen-bond acceptors (Lipinski definition) is 6. The Morgan fingerprint density at radius 2 is 1.65 bits per heavy atom. The van der Waals surface area contributed by atoms with E-state index in [2.05, 4.69) is 20.8 Å². The van der Waals surface area contributed by atoms with Crippen molar-refractivity contribution in [3.63, 3.8) is 0 Å². The standard InChI is InChI=1S/C23H24ClN5O4S/c1-13(2)19(26-21(31)14-4-8-16(24)9-5-14)20-27-28-23(29(20)3)34-12-18(30)25-17-10-6-15(7-11-17)22(32)33/h4-11,13,19H,12H2,1-3H3,(H,25,30)(H,26,31)(H,32,33)/t19-/m0/s1. The second kappa shape index (κ2) is 11.2. The zero-order valence-corrected chi connectivity index (χ0v) is 20.4. The normalized spacial score (nSPS) is 11.8. The summed E-state index contributed by atoms with van der Waals surface area (Å²) in [7, 11) is 1.78. The molecule has 2 aromatic carbocycles. The molecule has 0 saturated carbocycles. The largest absolute Gasteiger partial charge is 0.478 e. The molecule has 3 rings (SSSR count). The van der Waals surface area contributed by atoms with Crippen LogP contribution in [-0.4, -0.2) is 43.4 Å². The highest BCUT2D eigenvalue weighted by Crippen LogP contribution is 2.25. The van der Waals surface area contributed by atoms with Gasteiger partial charge in [-0.1, -0.05) is 37.2 Å². The van der Waals surface area contributed by atoms with Crippen LogP contribution < -0.4 is 10.6 Å². The van der Waals surface area contributed by atoms with Crippen molar-refractivity contribution in [1.29, 1.82) is 0 Å². The minimum atomic E-state index is -1.03. The highest BCUT2D eigenvalue weighted by atomic mass is 35.5. The highest BCUT2D eigenvalue weighted by Gasteiger charge is 2.25. The number of benzene rings is 2. The average molecular weight is 502 g/mol. The first kappa shape index (κ1) is 25.3. The van der Waals surface area contributed by atoms with Crippen LogP contribution in [0.25, 0.3) is 0 Å². The molecule has 9 nitrogen and oxygen atoms in total. The first-order chi connectivity index (χ1) is 16.2. The molecule has 3 aromatic rings. The van der Waals surface area contributed by atoms with E-state index in [0.29, 0.717) is 27.3 Å². The van der Waals surface area contributed by atoms with Crippen LogP contribution in [0.5, 0.6) is 0 Å². The smallest absolute Gasteiger partial charge is 0.335 e. The lowest BCUT2D eigenvalue weighted by atomic mass is 10.0. The average Bonchev–Trinajstić information content (AvgIpc) is 3.16. The second-order valence-corrected chi connectivity index (χ2v) is 9.20. The maximum atomic E-state index is 12.7. The summed E-state index contributed by atoms with van der Waals surface area (Å²) < 4.78 is 1.76. The molecular weight excluding hydrogens is 478 g/mol. The van der Waals surface area contributed by atoms with Crippen LogP contribution in [0.3, 0.4) is 0 Å². The molecule has 0 bridgehead atoms. The van der Waals surface area contributed by atoms with E-state index >= 15 is 0 Å². The Balaban J connectivity index is 1.63. The van der Waals surface area contributed by atoms with Gasteiger partial charge >= 0.3 is 5.97 Å². The van der Waals surface area contributed by atoms with Crippen LogP contribution in [-0.2, 0) is 11.8 Å². The molecule has 1 heterocycles. The molecule has 1 atom stereocenters. The van der Waals surface area contributed by atoms with Gasteiger partial charge in [-0.2, -0.15) is 0 Å². The number of aromatic carboxylic acids is 1. The summed E-state index contributed by atoms with van der Waals surface area (Å²) in [5.74, 6) is -0.861. The first-order valence-electron chi connectivity index (χ1n) is 10.4. The van der Waals surface area contributed by atoms with Crippen molar-refractivity contribution in [2.45, 2.75) is 25.0 Å². The maximum absolute atomic E-state index is 12.7. The van der Waals surface area contributed by atoms with Crippen LogP contribution in [0.4, 0.5) is 5.69 Å². The van der Waals surface area contributed by atoms with E-state index < -0.39 is 12.0 Å². The molecule has 11 heteroatoms. The van der Waals surface area contributed by atoms with Gasteiger partial charge in [0.25, 0.3) is 5.91 Å². The molecule has 0 fully saturated rings. The Morgan fingerprint density at radius 1 is 1.03 bits per heavy atom. The summed E-state index contributed by atoms with van der Waals surface area (Å²) in [5, 5.41) is 24.2. The fraction of sp³-hybridized carbons (Fsp3) is 0.261. The quantitative estimate of drug-likeness (QED) is 0.378. The molecule has 178 valence electrons. The van der Waals surface area contributed by atoms with E-state index in [1.807, 2.05) is 13.8 Å². The second-order valence-electron chi connectivity index (χ2n) is 7.82. The number of aromatic nitrogens is 3. The third-order valence-electron chi connectivity index (χ3n) is 4.95. The number of amides is 2. The van der Waals surface area contributed by atoms with Crippen LogP contribution >= 0.6 is 23.4 Å². The Bertz CT molecular complexity index is 1180. The number of halogens is 1. The number of thioether (sulfide) groups is 1.